The Bertz CT molecular complexity index is 1360. The third kappa shape index (κ3) is 4.92. The molecule has 3 heterocycles. The number of hydrogen-bond donors (Lipinski definition) is 0. The average molecular weight is 510 g/mol. The van der Waals surface area contributed by atoms with Gasteiger partial charge in [0.1, 0.15) is 11.9 Å². The first-order valence-corrected chi connectivity index (χ1v) is 12.7. The number of hydrogen-bond acceptors (Lipinski definition) is 7. The molecular formula is C26H26ClN4O3S-. The van der Waals surface area contributed by atoms with Crippen molar-refractivity contribution in [3.8, 4) is 5.69 Å². The number of piperazine rings is 1. The maximum atomic E-state index is 11.4. The predicted octanol–water partition coefficient (Wildman–Crippen LogP) is 4.13. The number of aromatic carboxylic acids is 1. The predicted molar refractivity (Wildman–Crippen MR) is 138 cm³/mol. The molecule has 2 aromatic carbocycles. The molecular weight excluding hydrogens is 484 g/mol. The third-order valence-corrected chi connectivity index (χ3v) is 7.68. The van der Waals surface area contributed by atoms with Gasteiger partial charge in [0.25, 0.3) is 0 Å². The average Bonchev–Trinajstić information content (AvgIpc) is 3.46. The van der Waals surface area contributed by atoms with Crippen LogP contribution in [0.2, 0.25) is 4.34 Å². The molecule has 1 aliphatic rings. The fourth-order valence-electron chi connectivity index (χ4n) is 4.53. The normalized spacial score (nSPS) is 15.6. The number of benzene rings is 2. The van der Waals surface area contributed by atoms with Crippen LogP contribution in [0.1, 0.15) is 34.1 Å². The molecule has 5 rings (SSSR count). The number of carbonyl (C=O) groups is 1. The zero-order chi connectivity index (χ0) is 24.5. The summed E-state index contributed by atoms with van der Waals surface area (Å²) in [6, 6.07) is 17.3. The van der Waals surface area contributed by atoms with Crippen molar-refractivity contribution in [1.29, 1.82) is 0 Å². The minimum atomic E-state index is -1.22. The molecule has 35 heavy (non-hydrogen) atoms. The van der Waals surface area contributed by atoms with Gasteiger partial charge in [0.15, 0.2) is 0 Å². The number of rotatable bonds is 7. The van der Waals surface area contributed by atoms with Crippen LogP contribution in [0.3, 0.4) is 0 Å². The van der Waals surface area contributed by atoms with Crippen LogP contribution >= 0.6 is 22.9 Å². The van der Waals surface area contributed by atoms with E-state index in [4.69, 9.17) is 21.3 Å². The summed E-state index contributed by atoms with van der Waals surface area (Å²) in [4.78, 5) is 22.2. The summed E-state index contributed by atoms with van der Waals surface area (Å²) >= 11 is 7.73. The van der Waals surface area contributed by atoms with E-state index in [-0.39, 0.29) is 11.7 Å². The lowest BCUT2D eigenvalue weighted by Gasteiger charge is -2.36. The first-order chi connectivity index (χ1) is 16.9. The number of nitrogens with zero attached hydrogens (tertiary/aromatic N) is 4. The molecule has 4 aromatic rings. The third-order valence-electron chi connectivity index (χ3n) is 6.47. The maximum Gasteiger partial charge on any atom is 0.143 e. The number of thiophene rings is 1. The van der Waals surface area contributed by atoms with Crippen LogP contribution < -0.4 is 10.0 Å². The molecule has 0 bridgehead atoms. The molecule has 1 aliphatic heterocycles. The molecule has 0 amide bonds. The Morgan fingerprint density at radius 3 is 2.57 bits per heavy atom. The number of carbonyl (C=O) groups excluding carboxylic acids is 1. The number of ether oxygens (including phenoxy) is 1. The van der Waals surface area contributed by atoms with Gasteiger partial charge in [0.05, 0.1) is 21.3 Å². The molecule has 1 fully saturated rings. The standard InChI is InChI=1S/C26H27ClN4O3S/c1-17(34-2)25-28-22-14-18(26(32)33)6-8-23(22)31(25)20-5-3-4-19(15-20)30-12-10-29(11-13-30)16-21-7-9-24(27)35-21/h3-9,14-15,17H,10-13,16H2,1-2H3,(H,32,33)/p-1. The number of fused-ring (bicyclic) bond motifs is 1. The van der Waals surface area contributed by atoms with E-state index in [0.717, 1.165) is 59.8 Å². The Balaban J connectivity index is 1.41. The summed E-state index contributed by atoms with van der Waals surface area (Å²) in [6.07, 6.45) is -0.272. The highest BCUT2D eigenvalue weighted by Crippen LogP contribution is 2.30. The van der Waals surface area contributed by atoms with Gasteiger partial charge in [-0.2, -0.15) is 0 Å². The van der Waals surface area contributed by atoms with E-state index in [1.807, 2.05) is 29.7 Å². The van der Waals surface area contributed by atoms with Crippen molar-refractivity contribution in [2.75, 3.05) is 38.2 Å². The van der Waals surface area contributed by atoms with E-state index >= 15 is 0 Å². The molecule has 0 aliphatic carbocycles. The number of carboxylic acids is 1. The molecule has 1 saturated heterocycles. The smallest absolute Gasteiger partial charge is 0.143 e. The Hall–Kier alpha value is -2.91. The molecule has 7 nitrogen and oxygen atoms in total. The summed E-state index contributed by atoms with van der Waals surface area (Å²) in [5.74, 6) is -0.499. The molecule has 0 radical (unpaired) electrons. The second kappa shape index (κ2) is 9.99. The Labute approximate surface area is 213 Å². The van der Waals surface area contributed by atoms with E-state index in [1.54, 1.807) is 36.6 Å². The van der Waals surface area contributed by atoms with E-state index in [1.165, 1.54) is 4.88 Å². The monoisotopic (exact) mass is 509 g/mol. The van der Waals surface area contributed by atoms with Gasteiger partial charge in [0.2, 0.25) is 0 Å². The summed E-state index contributed by atoms with van der Waals surface area (Å²) < 4.78 is 8.46. The van der Waals surface area contributed by atoms with Crippen LogP contribution in [0, 0.1) is 0 Å². The van der Waals surface area contributed by atoms with Crippen molar-refractivity contribution in [2.45, 2.75) is 19.6 Å². The Morgan fingerprint density at radius 2 is 1.89 bits per heavy atom. The molecule has 182 valence electrons. The highest BCUT2D eigenvalue weighted by atomic mass is 35.5. The molecule has 1 atom stereocenters. The molecule has 9 heteroatoms. The van der Waals surface area contributed by atoms with Crippen molar-refractivity contribution in [2.24, 2.45) is 0 Å². The van der Waals surface area contributed by atoms with Crippen molar-refractivity contribution in [3.63, 3.8) is 0 Å². The maximum absolute atomic E-state index is 11.4. The second-order valence-electron chi connectivity index (χ2n) is 8.66. The van der Waals surface area contributed by atoms with Gasteiger partial charge in [-0.05, 0) is 55.0 Å². The number of anilines is 1. The van der Waals surface area contributed by atoms with Crippen LogP contribution in [-0.4, -0.2) is 53.7 Å². The summed E-state index contributed by atoms with van der Waals surface area (Å²) in [5, 5.41) is 11.4. The summed E-state index contributed by atoms with van der Waals surface area (Å²) in [5.41, 5.74) is 3.63. The van der Waals surface area contributed by atoms with Crippen molar-refractivity contribution >= 4 is 45.6 Å². The molecule has 0 N–H and O–H groups in total. The number of methoxy groups -OCH3 is 1. The summed E-state index contributed by atoms with van der Waals surface area (Å²) in [6.45, 7) is 6.68. The molecule has 0 saturated carbocycles. The lowest BCUT2D eigenvalue weighted by Crippen LogP contribution is -2.45. The molecule has 0 spiro atoms. The van der Waals surface area contributed by atoms with Crippen molar-refractivity contribution in [3.05, 3.63) is 75.2 Å². The van der Waals surface area contributed by atoms with Gasteiger partial charge >= 0.3 is 0 Å². The molecule has 1 unspecified atom stereocenters. The number of carboxylic acid groups (broad SMARTS) is 1. The number of halogens is 1. The fourth-order valence-corrected chi connectivity index (χ4v) is 5.66. The summed E-state index contributed by atoms with van der Waals surface area (Å²) in [7, 11) is 1.64. The van der Waals surface area contributed by atoms with Crippen LogP contribution in [-0.2, 0) is 11.3 Å². The second-order valence-corrected chi connectivity index (χ2v) is 10.5. The highest BCUT2D eigenvalue weighted by molar-refractivity contribution is 7.16. The van der Waals surface area contributed by atoms with Gasteiger partial charge in [-0.15, -0.1) is 11.3 Å². The van der Waals surface area contributed by atoms with Crippen LogP contribution in [0.5, 0.6) is 0 Å². The van der Waals surface area contributed by atoms with E-state index in [0.29, 0.717) is 5.52 Å². The number of aromatic nitrogens is 2. The Kier molecular flexibility index (Phi) is 6.80. The van der Waals surface area contributed by atoms with Gasteiger partial charge in [-0.3, -0.25) is 9.47 Å². The zero-order valence-corrected chi connectivity index (χ0v) is 21.2. The minimum Gasteiger partial charge on any atom is -0.545 e. The SMILES string of the molecule is COC(C)c1nc2cc(C(=O)[O-])ccc2n1-c1cccc(N2CCN(Cc3ccc(Cl)s3)CC2)c1. The van der Waals surface area contributed by atoms with Gasteiger partial charge in [-0.25, -0.2) is 4.98 Å². The van der Waals surface area contributed by atoms with E-state index in [2.05, 4.69) is 28.0 Å². The Morgan fingerprint density at radius 1 is 1.11 bits per heavy atom. The quantitative estimate of drug-likeness (QED) is 0.373. The van der Waals surface area contributed by atoms with Crippen LogP contribution in [0.4, 0.5) is 5.69 Å². The fraction of sp³-hybridized carbons (Fsp3) is 0.308. The van der Waals surface area contributed by atoms with E-state index in [9.17, 15) is 9.90 Å². The molecule has 2 aromatic heterocycles. The van der Waals surface area contributed by atoms with E-state index < -0.39 is 5.97 Å². The lowest BCUT2D eigenvalue weighted by molar-refractivity contribution is -0.255. The first kappa shape index (κ1) is 23.8. The van der Waals surface area contributed by atoms with Crippen LogP contribution in [0.25, 0.3) is 16.7 Å². The number of imidazole rings is 1. The first-order valence-electron chi connectivity index (χ1n) is 11.5. The van der Waals surface area contributed by atoms with Gasteiger partial charge in [0, 0.05) is 56.1 Å². The van der Waals surface area contributed by atoms with Gasteiger partial charge in [-0.1, -0.05) is 23.7 Å². The minimum absolute atomic E-state index is 0.107. The lowest BCUT2D eigenvalue weighted by atomic mass is 10.2. The van der Waals surface area contributed by atoms with Crippen molar-refractivity contribution < 1.29 is 14.6 Å². The van der Waals surface area contributed by atoms with Crippen molar-refractivity contribution in [1.82, 2.24) is 14.5 Å². The van der Waals surface area contributed by atoms with Crippen LogP contribution in [0.15, 0.2) is 54.6 Å². The largest absolute Gasteiger partial charge is 0.545 e. The highest BCUT2D eigenvalue weighted by Gasteiger charge is 2.21. The zero-order valence-electron chi connectivity index (χ0n) is 19.6. The topological polar surface area (TPSA) is 73.7 Å². The van der Waals surface area contributed by atoms with Gasteiger partial charge < -0.3 is 19.5 Å².